The number of nitrogens with zero attached hydrogens (tertiary/aromatic N) is 2. The number of likely N-dealkylation sites (N-methyl/N-ethyl adjacent to an activating group) is 1. The fraction of sp³-hybridized carbons (Fsp3) is 0.500. The Bertz CT molecular complexity index is 553. The second kappa shape index (κ2) is 7.88. The minimum Gasteiger partial charge on any atom is -0.342 e. The molecule has 1 unspecified atom stereocenters. The number of halogens is 1. The summed E-state index contributed by atoms with van der Waals surface area (Å²) < 4.78 is 0. The number of carbonyl (C=O) groups is 2. The van der Waals surface area contributed by atoms with Crippen LogP contribution in [0.5, 0.6) is 0 Å². The quantitative estimate of drug-likeness (QED) is 0.827. The molecule has 0 N–H and O–H groups in total. The van der Waals surface area contributed by atoms with Gasteiger partial charge in [-0.1, -0.05) is 36.7 Å². The molecule has 22 heavy (non-hydrogen) atoms. The van der Waals surface area contributed by atoms with E-state index < -0.39 is 0 Å². The highest BCUT2D eigenvalue weighted by atomic mass is 35.5. The molecule has 2 rings (SSSR count). The van der Waals surface area contributed by atoms with E-state index in [1.54, 1.807) is 16.8 Å². The van der Waals surface area contributed by atoms with Crippen molar-refractivity contribution in [3.8, 4) is 0 Å². The molecule has 0 aliphatic carbocycles. The molecule has 0 radical (unpaired) electrons. The fourth-order valence-electron chi connectivity index (χ4n) is 2.55. The Morgan fingerprint density at radius 3 is 2.77 bits per heavy atom. The molecule has 1 aliphatic heterocycles. The molecule has 2 amide bonds. The molecule has 1 heterocycles. The summed E-state index contributed by atoms with van der Waals surface area (Å²) >= 11 is 7.65. The summed E-state index contributed by atoms with van der Waals surface area (Å²) in [4.78, 5) is 27.9. The van der Waals surface area contributed by atoms with Crippen LogP contribution in [0.1, 0.15) is 18.9 Å². The zero-order valence-corrected chi connectivity index (χ0v) is 14.5. The van der Waals surface area contributed by atoms with Crippen molar-refractivity contribution in [1.29, 1.82) is 0 Å². The third-order valence-corrected chi connectivity index (χ3v) is 5.20. The second-order valence-corrected chi connectivity index (χ2v) is 6.75. The van der Waals surface area contributed by atoms with Crippen LogP contribution in [0.3, 0.4) is 0 Å². The van der Waals surface area contributed by atoms with Crippen LogP contribution >= 0.6 is 23.4 Å². The number of amides is 2. The topological polar surface area (TPSA) is 40.6 Å². The summed E-state index contributed by atoms with van der Waals surface area (Å²) in [6, 6.07) is 7.34. The normalized spacial score (nSPS) is 18.7. The summed E-state index contributed by atoms with van der Waals surface area (Å²) in [5.41, 5.74) is 1.03. The second-order valence-electron chi connectivity index (χ2n) is 5.36. The van der Waals surface area contributed by atoms with Gasteiger partial charge in [-0.05, 0) is 18.1 Å². The van der Waals surface area contributed by atoms with Gasteiger partial charge >= 0.3 is 0 Å². The number of rotatable bonds is 5. The van der Waals surface area contributed by atoms with E-state index in [4.69, 9.17) is 11.6 Å². The van der Waals surface area contributed by atoms with E-state index in [0.29, 0.717) is 31.0 Å². The highest BCUT2D eigenvalue weighted by molar-refractivity contribution is 7.99. The highest BCUT2D eigenvalue weighted by Gasteiger charge is 2.34. The minimum atomic E-state index is -0.313. The Morgan fingerprint density at radius 1 is 1.36 bits per heavy atom. The lowest BCUT2D eigenvalue weighted by Crippen LogP contribution is -2.57. The number of hydrogen-bond acceptors (Lipinski definition) is 3. The summed E-state index contributed by atoms with van der Waals surface area (Å²) in [5.74, 6) is 1.14. The molecule has 4 nitrogen and oxygen atoms in total. The highest BCUT2D eigenvalue weighted by Crippen LogP contribution is 2.22. The van der Waals surface area contributed by atoms with Crippen LogP contribution in [0.2, 0.25) is 5.02 Å². The van der Waals surface area contributed by atoms with Crippen molar-refractivity contribution < 1.29 is 9.59 Å². The van der Waals surface area contributed by atoms with E-state index >= 15 is 0 Å². The van der Waals surface area contributed by atoms with E-state index in [1.165, 1.54) is 11.8 Å². The van der Waals surface area contributed by atoms with Crippen LogP contribution < -0.4 is 0 Å². The third kappa shape index (κ3) is 3.96. The van der Waals surface area contributed by atoms with E-state index in [2.05, 4.69) is 0 Å². The molecule has 1 aliphatic rings. The van der Waals surface area contributed by atoms with Crippen molar-refractivity contribution in [3.05, 3.63) is 34.9 Å². The van der Waals surface area contributed by atoms with Crippen LogP contribution in [-0.4, -0.2) is 53.5 Å². The van der Waals surface area contributed by atoms with Crippen LogP contribution in [0, 0.1) is 0 Å². The predicted octanol–water partition coefficient (Wildman–Crippen LogP) is 2.65. The van der Waals surface area contributed by atoms with E-state index in [9.17, 15) is 9.59 Å². The van der Waals surface area contributed by atoms with Crippen molar-refractivity contribution in [1.82, 2.24) is 9.80 Å². The van der Waals surface area contributed by atoms with Crippen molar-refractivity contribution in [2.45, 2.75) is 25.1 Å². The van der Waals surface area contributed by atoms with Gasteiger partial charge in [-0.15, -0.1) is 11.8 Å². The Labute approximate surface area is 140 Å². The standard InChI is InChI=1S/C16H21ClN2O2S/c1-3-14-16(21)18(2)8-9-19(14)15(20)11-22-10-12-6-4-5-7-13(12)17/h4-7,14H,3,8-11H2,1-2H3. The maximum atomic E-state index is 12.4. The van der Waals surface area contributed by atoms with Crippen molar-refractivity contribution in [2.75, 3.05) is 25.9 Å². The molecule has 0 saturated carbocycles. The van der Waals surface area contributed by atoms with Gasteiger partial charge in [0.25, 0.3) is 0 Å². The number of carbonyl (C=O) groups excluding carboxylic acids is 2. The molecule has 1 atom stereocenters. The monoisotopic (exact) mass is 340 g/mol. The van der Waals surface area contributed by atoms with Gasteiger partial charge in [-0.2, -0.15) is 0 Å². The largest absolute Gasteiger partial charge is 0.342 e. The molecule has 120 valence electrons. The fourth-order valence-corrected chi connectivity index (χ4v) is 3.75. The van der Waals surface area contributed by atoms with Crippen molar-refractivity contribution in [3.63, 3.8) is 0 Å². The molecule has 6 heteroatoms. The maximum absolute atomic E-state index is 12.4. The van der Waals surface area contributed by atoms with Crippen LogP contribution in [0.15, 0.2) is 24.3 Å². The summed E-state index contributed by atoms with van der Waals surface area (Å²) in [5, 5.41) is 0.726. The average molecular weight is 341 g/mol. The Kier molecular flexibility index (Phi) is 6.15. The molecule has 0 bridgehead atoms. The van der Waals surface area contributed by atoms with Crippen LogP contribution in [-0.2, 0) is 15.3 Å². The molecule has 1 aromatic carbocycles. The predicted molar refractivity (Wildman–Crippen MR) is 91.0 cm³/mol. The Morgan fingerprint density at radius 2 is 2.09 bits per heavy atom. The average Bonchev–Trinajstić information content (AvgIpc) is 2.51. The van der Waals surface area contributed by atoms with E-state index in [1.807, 2.05) is 31.2 Å². The van der Waals surface area contributed by atoms with Gasteiger partial charge in [-0.3, -0.25) is 9.59 Å². The number of benzene rings is 1. The summed E-state index contributed by atoms with van der Waals surface area (Å²) in [6.07, 6.45) is 0.657. The molecular weight excluding hydrogens is 320 g/mol. The molecule has 1 fully saturated rings. The maximum Gasteiger partial charge on any atom is 0.245 e. The third-order valence-electron chi connectivity index (χ3n) is 3.86. The van der Waals surface area contributed by atoms with Gasteiger partial charge in [0.05, 0.1) is 5.75 Å². The van der Waals surface area contributed by atoms with Crippen LogP contribution in [0.25, 0.3) is 0 Å². The van der Waals surface area contributed by atoms with Gasteiger partial charge in [0.15, 0.2) is 0 Å². The first-order chi connectivity index (χ1) is 10.5. The van der Waals surface area contributed by atoms with E-state index in [0.717, 1.165) is 10.6 Å². The van der Waals surface area contributed by atoms with Crippen molar-refractivity contribution in [2.24, 2.45) is 0 Å². The molecule has 1 aromatic rings. The summed E-state index contributed by atoms with van der Waals surface area (Å²) in [7, 11) is 1.79. The van der Waals surface area contributed by atoms with Crippen molar-refractivity contribution >= 4 is 35.2 Å². The first-order valence-electron chi connectivity index (χ1n) is 7.40. The Balaban J connectivity index is 1.89. The van der Waals surface area contributed by atoms with Gasteiger partial charge in [0.1, 0.15) is 6.04 Å². The molecule has 0 aromatic heterocycles. The molecule has 0 spiro atoms. The van der Waals surface area contributed by atoms with Gasteiger partial charge in [0.2, 0.25) is 11.8 Å². The first-order valence-corrected chi connectivity index (χ1v) is 8.93. The molecular formula is C16H21ClN2O2S. The van der Waals surface area contributed by atoms with Crippen LogP contribution in [0.4, 0.5) is 0 Å². The summed E-state index contributed by atoms with van der Waals surface area (Å²) in [6.45, 7) is 3.17. The zero-order valence-electron chi connectivity index (χ0n) is 12.9. The molecule has 1 saturated heterocycles. The number of hydrogen-bond donors (Lipinski definition) is 0. The lowest BCUT2D eigenvalue weighted by Gasteiger charge is -2.38. The Hall–Kier alpha value is -1.20. The van der Waals surface area contributed by atoms with Gasteiger partial charge in [0, 0.05) is 30.9 Å². The van der Waals surface area contributed by atoms with E-state index in [-0.39, 0.29) is 17.9 Å². The minimum absolute atomic E-state index is 0.0327. The van der Waals surface area contributed by atoms with Gasteiger partial charge < -0.3 is 9.80 Å². The smallest absolute Gasteiger partial charge is 0.245 e. The lowest BCUT2D eigenvalue weighted by atomic mass is 10.1. The number of piperazine rings is 1. The van der Waals surface area contributed by atoms with Gasteiger partial charge in [-0.25, -0.2) is 0 Å². The SMILES string of the molecule is CCC1C(=O)N(C)CCN1C(=O)CSCc1ccccc1Cl. The number of thioether (sulfide) groups is 1. The first kappa shape index (κ1) is 17.2. The lowest BCUT2D eigenvalue weighted by molar-refractivity contribution is -0.149. The zero-order chi connectivity index (χ0) is 16.1.